The van der Waals surface area contributed by atoms with Crippen LogP contribution in [0.25, 0.3) is 0 Å². The third-order valence-electron chi connectivity index (χ3n) is 3.77. The number of hydrogen-bond acceptors (Lipinski definition) is 3. The van der Waals surface area contributed by atoms with Crippen molar-refractivity contribution in [2.45, 2.75) is 25.8 Å². The second kappa shape index (κ2) is 7.51. The maximum atomic E-state index is 5.68. The van der Waals surface area contributed by atoms with Gasteiger partial charge in [-0.1, -0.05) is 18.2 Å². The number of rotatable bonds is 9. The quantitative estimate of drug-likeness (QED) is 0.693. The topological polar surface area (TPSA) is 24.5 Å². The summed E-state index contributed by atoms with van der Waals surface area (Å²) in [6.07, 6.45) is 2.74. The number of para-hydroxylation sites is 1. The van der Waals surface area contributed by atoms with Crippen LogP contribution < -0.4 is 5.32 Å². The number of likely N-dealkylation sites (N-methyl/N-ethyl adjacent to an activating group) is 1. The Morgan fingerprint density at radius 2 is 2.05 bits per heavy atom. The van der Waals surface area contributed by atoms with Crippen LogP contribution in [0.15, 0.2) is 30.3 Å². The smallest absolute Gasteiger partial charge is 0.0593 e. The Balaban J connectivity index is 1.57. The van der Waals surface area contributed by atoms with Crippen molar-refractivity contribution >= 4 is 5.69 Å². The van der Waals surface area contributed by atoms with Gasteiger partial charge in [0.05, 0.1) is 6.61 Å². The monoisotopic (exact) mass is 262 g/mol. The van der Waals surface area contributed by atoms with E-state index in [2.05, 4.69) is 48.5 Å². The van der Waals surface area contributed by atoms with Crippen molar-refractivity contribution in [3.8, 4) is 0 Å². The third kappa shape index (κ3) is 5.62. The summed E-state index contributed by atoms with van der Waals surface area (Å²) in [6.45, 7) is 6.03. The van der Waals surface area contributed by atoms with Crippen LogP contribution in [0.3, 0.4) is 0 Å². The van der Waals surface area contributed by atoms with E-state index in [0.717, 1.165) is 32.2 Å². The predicted octanol–water partition coefficient (Wildman–Crippen LogP) is 2.85. The van der Waals surface area contributed by atoms with Crippen molar-refractivity contribution in [1.29, 1.82) is 0 Å². The van der Waals surface area contributed by atoms with Gasteiger partial charge in [-0.05, 0) is 44.9 Å². The third-order valence-corrected chi connectivity index (χ3v) is 3.77. The molecule has 1 aliphatic rings. The molecule has 0 saturated heterocycles. The van der Waals surface area contributed by atoms with Crippen LogP contribution in [0, 0.1) is 5.92 Å². The summed E-state index contributed by atoms with van der Waals surface area (Å²) in [5, 5.41) is 3.46. The highest BCUT2D eigenvalue weighted by Gasteiger charge is 2.21. The first-order chi connectivity index (χ1) is 9.25. The molecular formula is C16H26N2O. The number of nitrogens with zero attached hydrogens (tertiary/aromatic N) is 1. The Kier molecular flexibility index (Phi) is 5.67. The van der Waals surface area contributed by atoms with Crippen molar-refractivity contribution < 1.29 is 4.74 Å². The van der Waals surface area contributed by atoms with Crippen molar-refractivity contribution in [1.82, 2.24) is 4.90 Å². The molecule has 1 aromatic rings. The Labute approximate surface area is 116 Å². The normalized spacial score (nSPS) is 16.6. The lowest BCUT2D eigenvalue weighted by atomic mass is 10.2. The summed E-state index contributed by atoms with van der Waals surface area (Å²) in [5.41, 5.74) is 1.19. The Hall–Kier alpha value is -1.06. The van der Waals surface area contributed by atoms with E-state index in [0.29, 0.717) is 6.04 Å². The molecule has 2 rings (SSSR count). The number of anilines is 1. The highest BCUT2D eigenvalue weighted by atomic mass is 16.5. The van der Waals surface area contributed by atoms with Gasteiger partial charge < -0.3 is 10.1 Å². The van der Waals surface area contributed by atoms with Crippen LogP contribution in [-0.4, -0.2) is 44.3 Å². The van der Waals surface area contributed by atoms with Gasteiger partial charge in [-0.3, -0.25) is 4.90 Å². The number of nitrogens with one attached hydrogen (secondary N) is 1. The van der Waals surface area contributed by atoms with Gasteiger partial charge in [0, 0.05) is 31.4 Å². The molecule has 0 radical (unpaired) electrons. The molecule has 0 heterocycles. The van der Waals surface area contributed by atoms with Crippen molar-refractivity contribution in [2.75, 3.05) is 38.7 Å². The maximum absolute atomic E-state index is 5.68. The van der Waals surface area contributed by atoms with Gasteiger partial charge in [-0.2, -0.15) is 0 Å². The molecule has 0 spiro atoms. The minimum atomic E-state index is 0.504. The summed E-state index contributed by atoms with van der Waals surface area (Å²) in [4.78, 5) is 2.35. The van der Waals surface area contributed by atoms with Gasteiger partial charge in [0.25, 0.3) is 0 Å². The Morgan fingerprint density at radius 1 is 1.32 bits per heavy atom. The van der Waals surface area contributed by atoms with E-state index in [4.69, 9.17) is 4.74 Å². The molecule has 1 aromatic carbocycles. The lowest BCUT2D eigenvalue weighted by Gasteiger charge is -2.25. The van der Waals surface area contributed by atoms with Crippen molar-refractivity contribution in [2.24, 2.45) is 5.92 Å². The SMILES string of the molecule is CC(CNc1ccccc1)N(C)CCOCC1CC1. The Morgan fingerprint density at radius 3 is 2.74 bits per heavy atom. The number of ether oxygens (including phenoxy) is 1. The molecule has 1 saturated carbocycles. The fraction of sp³-hybridized carbons (Fsp3) is 0.625. The van der Waals surface area contributed by atoms with E-state index in [1.54, 1.807) is 0 Å². The molecular weight excluding hydrogens is 236 g/mol. The average molecular weight is 262 g/mol. The molecule has 3 heteroatoms. The van der Waals surface area contributed by atoms with Crippen LogP contribution in [0.5, 0.6) is 0 Å². The first-order valence-corrected chi connectivity index (χ1v) is 7.32. The van der Waals surface area contributed by atoms with Gasteiger partial charge in [0.15, 0.2) is 0 Å². The molecule has 0 aliphatic heterocycles. The average Bonchev–Trinajstić information content (AvgIpc) is 3.26. The molecule has 1 aliphatic carbocycles. The molecule has 106 valence electrons. The van der Waals surface area contributed by atoms with Crippen LogP contribution in [0.2, 0.25) is 0 Å². The Bertz CT molecular complexity index is 351. The van der Waals surface area contributed by atoms with E-state index in [1.165, 1.54) is 18.5 Å². The van der Waals surface area contributed by atoms with Crippen LogP contribution >= 0.6 is 0 Å². The van der Waals surface area contributed by atoms with E-state index < -0.39 is 0 Å². The fourth-order valence-electron chi connectivity index (χ4n) is 1.94. The van der Waals surface area contributed by atoms with E-state index in [9.17, 15) is 0 Å². The van der Waals surface area contributed by atoms with Crippen LogP contribution in [0.4, 0.5) is 5.69 Å². The zero-order chi connectivity index (χ0) is 13.5. The first-order valence-electron chi connectivity index (χ1n) is 7.32. The molecule has 1 fully saturated rings. The lowest BCUT2D eigenvalue weighted by molar-refractivity contribution is 0.0951. The molecule has 1 atom stereocenters. The van der Waals surface area contributed by atoms with Gasteiger partial charge in [-0.15, -0.1) is 0 Å². The predicted molar refractivity (Wildman–Crippen MR) is 80.6 cm³/mol. The van der Waals surface area contributed by atoms with Gasteiger partial charge in [-0.25, -0.2) is 0 Å². The number of hydrogen-bond donors (Lipinski definition) is 1. The van der Waals surface area contributed by atoms with Crippen LogP contribution in [0.1, 0.15) is 19.8 Å². The van der Waals surface area contributed by atoms with Crippen LogP contribution in [-0.2, 0) is 4.74 Å². The van der Waals surface area contributed by atoms with Crippen molar-refractivity contribution in [3.63, 3.8) is 0 Å². The van der Waals surface area contributed by atoms with E-state index in [-0.39, 0.29) is 0 Å². The van der Waals surface area contributed by atoms with Gasteiger partial charge in [0.2, 0.25) is 0 Å². The molecule has 0 bridgehead atoms. The highest BCUT2D eigenvalue weighted by molar-refractivity contribution is 5.42. The molecule has 19 heavy (non-hydrogen) atoms. The summed E-state index contributed by atoms with van der Waals surface area (Å²) in [6, 6.07) is 10.9. The minimum absolute atomic E-state index is 0.504. The number of benzene rings is 1. The minimum Gasteiger partial charge on any atom is -0.383 e. The van der Waals surface area contributed by atoms with Crippen molar-refractivity contribution in [3.05, 3.63) is 30.3 Å². The molecule has 0 amide bonds. The molecule has 3 nitrogen and oxygen atoms in total. The second-order valence-corrected chi connectivity index (χ2v) is 5.59. The van der Waals surface area contributed by atoms with E-state index in [1.807, 2.05) is 6.07 Å². The summed E-state index contributed by atoms with van der Waals surface area (Å²) < 4.78 is 5.68. The molecule has 1 unspecified atom stereocenters. The zero-order valence-electron chi connectivity index (χ0n) is 12.1. The fourth-order valence-corrected chi connectivity index (χ4v) is 1.94. The first kappa shape index (κ1) is 14.4. The summed E-state index contributed by atoms with van der Waals surface area (Å²) in [7, 11) is 2.16. The maximum Gasteiger partial charge on any atom is 0.0593 e. The zero-order valence-corrected chi connectivity index (χ0v) is 12.1. The summed E-state index contributed by atoms with van der Waals surface area (Å²) in [5.74, 6) is 0.863. The standard InChI is InChI=1S/C16H26N2O/c1-14(12-17-16-6-4-3-5-7-16)18(2)10-11-19-13-15-8-9-15/h3-7,14-15,17H,8-13H2,1-2H3. The summed E-state index contributed by atoms with van der Waals surface area (Å²) >= 11 is 0. The van der Waals surface area contributed by atoms with Gasteiger partial charge >= 0.3 is 0 Å². The second-order valence-electron chi connectivity index (χ2n) is 5.59. The lowest BCUT2D eigenvalue weighted by Crippen LogP contribution is -2.37. The van der Waals surface area contributed by atoms with Gasteiger partial charge in [0.1, 0.15) is 0 Å². The molecule has 0 aromatic heterocycles. The molecule has 1 N–H and O–H groups in total. The van der Waals surface area contributed by atoms with E-state index >= 15 is 0 Å². The highest BCUT2D eigenvalue weighted by Crippen LogP contribution is 2.28. The largest absolute Gasteiger partial charge is 0.383 e.